The van der Waals surface area contributed by atoms with Crippen LogP contribution < -0.4 is 16.4 Å². The zero-order valence-corrected chi connectivity index (χ0v) is 14.2. The fraction of sp³-hybridized carbons (Fsp3) is 0.308. The molecular formula is C13H15BrN4O3S. The quantitative estimate of drug-likeness (QED) is 0.700. The van der Waals surface area contributed by atoms with Crippen molar-refractivity contribution >= 4 is 44.2 Å². The summed E-state index contributed by atoms with van der Waals surface area (Å²) in [6.07, 6.45) is 0.142. The van der Waals surface area contributed by atoms with E-state index in [0.717, 1.165) is 0 Å². The van der Waals surface area contributed by atoms with Crippen LogP contribution in [0.4, 0.5) is 5.13 Å². The number of hydrogen-bond acceptors (Lipinski definition) is 6. The molecule has 0 aromatic carbocycles. The number of nitrogens with two attached hydrogens (primary N) is 1. The Kier molecular flexibility index (Phi) is 5.69. The lowest BCUT2D eigenvalue weighted by Crippen LogP contribution is -2.38. The Hall–Kier alpha value is -1.71. The molecule has 0 aliphatic carbocycles. The maximum absolute atomic E-state index is 11.9. The van der Waals surface area contributed by atoms with E-state index in [2.05, 4.69) is 31.5 Å². The SMILES string of the molecule is C[C@@H](CN)NC(=O)Cc1csc(NC(=O)c2ccc(Br)o2)n1. The van der Waals surface area contributed by atoms with Crippen LogP contribution in [0.5, 0.6) is 0 Å². The molecule has 0 bridgehead atoms. The van der Waals surface area contributed by atoms with Gasteiger partial charge < -0.3 is 15.5 Å². The van der Waals surface area contributed by atoms with E-state index >= 15 is 0 Å². The summed E-state index contributed by atoms with van der Waals surface area (Å²) in [6.45, 7) is 2.20. The molecule has 118 valence electrons. The summed E-state index contributed by atoms with van der Waals surface area (Å²) in [7, 11) is 0. The summed E-state index contributed by atoms with van der Waals surface area (Å²) in [5.74, 6) is -0.373. The van der Waals surface area contributed by atoms with Gasteiger partial charge in [-0.3, -0.25) is 14.9 Å². The minimum absolute atomic E-state index is 0.0808. The van der Waals surface area contributed by atoms with Crippen molar-refractivity contribution in [3.63, 3.8) is 0 Å². The number of nitrogens with one attached hydrogen (secondary N) is 2. The van der Waals surface area contributed by atoms with Gasteiger partial charge in [0.2, 0.25) is 5.91 Å². The van der Waals surface area contributed by atoms with Crippen LogP contribution in [-0.4, -0.2) is 29.4 Å². The molecule has 0 radical (unpaired) electrons. The maximum atomic E-state index is 11.9. The van der Waals surface area contributed by atoms with Crippen LogP contribution in [0, 0.1) is 0 Å². The predicted molar refractivity (Wildman–Crippen MR) is 86.8 cm³/mol. The minimum Gasteiger partial charge on any atom is -0.444 e. The van der Waals surface area contributed by atoms with Crippen molar-refractivity contribution in [2.75, 3.05) is 11.9 Å². The molecule has 2 aromatic rings. The Labute approximate surface area is 139 Å². The van der Waals surface area contributed by atoms with Crippen molar-refractivity contribution in [3.05, 3.63) is 33.6 Å². The third-order valence-electron chi connectivity index (χ3n) is 2.67. The number of rotatable bonds is 6. The standard InChI is InChI=1S/C13H15BrN4O3S/c1-7(5-15)16-11(19)4-8-6-22-13(17-8)18-12(20)9-2-3-10(14)21-9/h2-3,6-7H,4-5,15H2,1H3,(H,16,19)(H,17,18,20)/t7-/m0/s1. The van der Waals surface area contributed by atoms with Gasteiger partial charge >= 0.3 is 0 Å². The lowest BCUT2D eigenvalue weighted by Gasteiger charge is -2.09. The molecule has 0 fully saturated rings. The second-order valence-electron chi connectivity index (χ2n) is 4.58. The number of hydrogen-bond donors (Lipinski definition) is 3. The number of carbonyl (C=O) groups excluding carboxylic acids is 2. The molecule has 0 unspecified atom stereocenters. The van der Waals surface area contributed by atoms with Gasteiger partial charge in [0.15, 0.2) is 15.6 Å². The highest BCUT2D eigenvalue weighted by Crippen LogP contribution is 2.19. The van der Waals surface area contributed by atoms with Crippen molar-refractivity contribution in [2.45, 2.75) is 19.4 Å². The van der Waals surface area contributed by atoms with Crippen molar-refractivity contribution in [3.8, 4) is 0 Å². The van der Waals surface area contributed by atoms with Crippen LogP contribution in [0.25, 0.3) is 0 Å². The molecule has 1 atom stereocenters. The molecule has 2 heterocycles. The van der Waals surface area contributed by atoms with E-state index in [0.29, 0.717) is 22.0 Å². The molecular weight excluding hydrogens is 372 g/mol. The average molecular weight is 387 g/mol. The fourth-order valence-corrected chi connectivity index (χ4v) is 2.60. The molecule has 0 saturated carbocycles. The molecule has 0 aliphatic rings. The first kappa shape index (κ1) is 16.7. The van der Waals surface area contributed by atoms with Gasteiger partial charge in [0.05, 0.1) is 12.1 Å². The first-order chi connectivity index (χ1) is 10.5. The molecule has 0 saturated heterocycles. The summed E-state index contributed by atoms with van der Waals surface area (Å²) >= 11 is 4.37. The van der Waals surface area contributed by atoms with Gasteiger partial charge in [-0.15, -0.1) is 11.3 Å². The van der Waals surface area contributed by atoms with Crippen molar-refractivity contribution < 1.29 is 14.0 Å². The van der Waals surface area contributed by atoms with E-state index in [1.165, 1.54) is 11.3 Å². The lowest BCUT2D eigenvalue weighted by molar-refractivity contribution is -0.121. The van der Waals surface area contributed by atoms with Gasteiger partial charge in [0.1, 0.15) is 0 Å². The Morgan fingerprint density at radius 3 is 2.91 bits per heavy atom. The third kappa shape index (κ3) is 4.65. The first-order valence-electron chi connectivity index (χ1n) is 6.48. The zero-order valence-electron chi connectivity index (χ0n) is 11.8. The van der Waals surface area contributed by atoms with Crippen LogP contribution in [0.2, 0.25) is 0 Å². The summed E-state index contributed by atoms with van der Waals surface area (Å²) < 4.78 is 5.63. The Morgan fingerprint density at radius 1 is 1.50 bits per heavy atom. The average Bonchev–Trinajstić information content (AvgIpc) is 3.07. The second kappa shape index (κ2) is 7.52. The van der Waals surface area contributed by atoms with E-state index in [4.69, 9.17) is 10.2 Å². The van der Waals surface area contributed by atoms with Crippen LogP contribution in [0.15, 0.2) is 26.6 Å². The van der Waals surface area contributed by atoms with Gasteiger partial charge in [0.25, 0.3) is 5.91 Å². The van der Waals surface area contributed by atoms with Gasteiger partial charge in [-0.1, -0.05) is 0 Å². The van der Waals surface area contributed by atoms with Crippen LogP contribution in [0.3, 0.4) is 0 Å². The lowest BCUT2D eigenvalue weighted by atomic mass is 10.3. The number of halogens is 1. The van der Waals surface area contributed by atoms with Gasteiger partial charge in [-0.2, -0.15) is 0 Å². The topological polar surface area (TPSA) is 110 Å². The van der Waals surface area contributed by atoms with Gasteiger partial charge in [0, 0.05) is 18.0 Å². The van der Waals surface area contributed by atoms with Crippen molar-refractivity contribution in [1.29, 1.82) is 0 Å². The smallest absolute Gasteiger partial charge is 0.293 e. The Morgan fingerprint density at radius 2 is 2.27 bits per heavy atom. The Balaban J connectivity index is 1.91. The molecule has 4 N–H and O–H groups in total. The normalized spacial score (nSPS) is 12.0. The number of nitrogens with zero attached hydrogens (tertiary/aromatic N) is 1. The summed E-state index contributed by atoms with van der Waals surface area (Å²) in [4.78, 5) is 27.8. The maximum Gasteiger partial charge on any atom is 0.293 e. The molecule has 2 aromatic heterocycles. The molecule has 22 heavy (non-hydrogen) atoms. The number of amides is 2. The van der Waals surface area contributed by atoms with Crippen LogP contribution in [0.1, 0.15) is 23.2 Å². The molecule has 2 rings (SSSR count). The molecule has 0 aliphatic heterocycles. The summed E-state index contributed by atoms with van der Waals surface area (Å²) in [5, 5.41) is 7.50. The monoisotopic (exact) mass is 386 g/mol. The van der Waals surface area contributed by atoms with Crippen molar-refractivity contribution in [2.24, 2.45) is 5.73 Å². The third-order valence-corrected chi connectivity index (χ3v) is 3.90. The number of carbonyl (C=O) groups is 2. The number of thiazole rings is 1. The summed E-state index contributed by atoms with van der Waals surface area (Å²) in [6, 6.07) is 3.10. The van der Waals surface area contributed by atoms with Crippen LogP contribution in [-0.2, 0) is 11.2 Å². The minimum atomic E-state index is -0.396. The van der Waals surface area contributed by atoms with Crippen LogP contribution >= 0.6 is 27.3 Å². The van der Waals surface area contributed by atoms with E-state index < -0.39 is 5.91 Å². The van der Waals surface area contributed by atoms with Crippen molar-refractivity contribution in [1.82, 2.24) is 10.3 Å². The second-order valence-corrected chi connectivity index (χ2v) is 6.22. The van der Waals surface area contributed by atoms with Gasteiger partial charge in [-0.25, -0.2) is 4.98 Å². The first-order valence-corrected chi connectivity index (χ1v) is 8.15. The molecule has 0 spiro atoms. The number of anilines is 1. The van der Waals surface area contributed by atoms with E-state index in [1.54, 1.807) is 17.5 Å². The van der Waals surface area contributed by atoms with E-state index in [9.17, 15) is 9.59 Å². The molecule has 2 amide bonds. The largest absolute Gasteiger partial charge is 0.444 e. The highest BCUT2D eigenvalue weighted by atomic mass is 79.9. The highest BCUT2D eigenvalue weighted by Gasteiger charge is 2.14. The van der Waals surface area contributed by atoms with E-state index in [1.807, 2.05) is 6.92 Å². The zero-order chi connectivity index (χ0) is 16.1. The van der Waals surface area contributed by atoms with E-state index in [-0.39, 0.29) is 24.1 Å². The molecule has 7 nitrogen and oxygen atoms in total. The highest BCUT2D eigenvalue weighted by molar-refractivity contribution is 9.10. The number of aromatic nitrogens is 1. The summed E-state index contributed by atoms with van der Waals surface area (Å²) in [5.41, 5.74) is 6.03. The Bertz CT molecular complexity index is 670. The van der Waals surface area contributed by atoms with Gasteiger partial charge in [-0.05, 0) is 35.0 Å². The number of furan rings is 1. The fourth-order valence-electron chi connectivity index (χ4n) is 1.59. The predicted octanol–water partition coefficient (Wildman–Crippen LogP) is 1.76. The molecule has 9 heteroatoms.